The highest BCUT2D eigenvalue weighted by molar-refractivity contribution is 6.10. The lowest BCUT2D eigenvalue weighted by Gasteiger charge is -2.16. The second-order valence-corrected chi connectivity index (χ2v) is 4.53. The first-order valence-electron chi connectivity index (χ1n) is 6.37. The molecule has 0 bridgehead atoms. The van der Waals surface area contributed by atoms with E-state index in [1.54, 1.807) is 37.4 Å². The smallest absolute Gasteiger partial charge is 0.250 e. The predicted octanol–water partition coefficient (Wildman–Crippen LogP) is 2.77. The van der Waals surface area contributed by atoms with Gasteiger partial charge in [0.05, 0.1) is 0 Å². The number of likely N-dealkylation sites (N-methyl/N-ethyl adjacent to an activating group) is 1. The minimum absolute atomic E-state index is 0.0736. The Bertz CT molecular complexity index is 692. The third-order valence-corrected chi connectivity index (χ3v) is 3.09. The number of amides is 1. The molecule has 2 aromatic rings. The van der Waals surface area contributed by atoms with Crippen LogP contribution in [0.15, 0.2) is 61.2 Å². The minimum Gasteiger partial charge on any atom is -0.508 e. The molecule has 2 rings (SSSR count). The van der Waals surface area contributed by atoms with Crippen LogP contribution >= 0.6 is 0 Å². The van der Waals surface area contributed by atoms with E-state index in [1.165, 1.54) is 23.1 Å². The maximum atomic E-state index is 12.4. The fourth-order valence-corrected chi connectivity index (χ4v) is 1.94. The molecule has 4 nitrogen and oxygen atoms in total. The van der Waals surface area contributed by atoms with Crippen LogP contribution in [0, 0.1) is 0 Å². The number of anilines is 1. The van der Waals surface area contributed by atoms with E-state index >= 15 is 0 Å². The van der Waals surface area contributed by atoms with Gasteiger partial charge < -0.3 is 10.0 Å². The van der Waals surface area contributed by atoms with Gasteiger partial charge in [0, 0.05) is 29.9 Å². The molecule has 0 aliphatic carbocycles. The fraction of sp³-hybridized carbons (Fsp3) is 0.0588. The summed E-state index contributed by atoms with van der Waals surface area (Å²) in [5.74, 6) is -0.610. The van der Waals surface area contributed by atoms with Crippen LogP contribution in [0.3, 0.4) is 0 Å². The molecule has 0 unspecified atom stereocenters. The molecule has 0 heterocycles. The number of rotatable bonds is 4. The normalized spacial score (nSPS) is 9.95. The highest BCUT2D eigenvalue weighted by atomic mass is 16.3. The van der Waals surface area contributed by atoms with Gasteiger partial charge in [-0.3, -0.25) is 9.59 Å². The average Bonchev–Trinajstić information content (AvgIpc) is 2.52. The Morgan fingerprint density at radius 2 is 1.76 bits per heavy atom. The van der Waals surface area contributed by atoms with E-state index in [2.05, 4.69) is 6.58 Å². The molecule has 1 amide bonds. The number of ketones is 1. The number of hydrogen-bond donors (Lipinski definition) is 1. The van der Waals surface area contributed by atoms with Crippen molar-refractivity contribution in [2.75, 3.05) is 11.9 Å². The van der Waals surface area contributed by atoms with Crippen molar-refractivity contribution in [2.24, 2.45) is 0 Å². The van der Waals surface area contributed by atoms with Crippen molar-refractivity contribution in [3.8, 4) is 5.75 Å². The second kappa shape index (κ2) is 6.05. The first kappa shape index (κ1) is 14.5. The minimum atomic E-state index is -0.321. The van der Waals surface area contributed by atoms with E-state index in [-0.39, 0.29) is 17.4 Å². The lowest BCUT2D eigenvalue weighted by Crippen LogP contribution is -2.24. The Labute approximate surface area is 123 Å². The molecule has 21 heavy (non-hydrogen) atoms. The van der Waals surface area contributed by atoms with Gasteiger partial charge in [-0.2, -0.15) is 0 Å². The molecule has 106 valence electrons. The van der Waals surface area contributed by atoms with Gasteiger partial charge in [-0.25, -0.2) is 0 Å². The van der Waals surface area contributed by atoms with Gasteiger partial charge in [0.1, 0.15) is 5.75 Å². The molecule has 4 heteroatoms. The lowest BCUT2D eigenvalue weighted by atomic mass is 10.0. The van der Waals surface area contributed by atoms with E-state index in [9.17, 15) is 14.7 Å². The van der Waals surface area contributed by atoms with Gasteiger partial charge in [0.15, 0.2) is 5.78 Å². The molecule has 2 aromatic carbocycles. The molecular formula is C17H15NO3. The third-order valence-electron chi connectivity index (χ3n) is 3.09. The number of carbonyl (C=O) groups is 2. The van der Waals surface area contributed by atoms with Crippen molar-refractivity contribution in [1.29, 1.82) is 0 Å². The first-order chi connectivity index (χ1) is 10.0. The summed E-state index contributed by atoms with van der Waals surface area (Å²) in [4.78, 5) is 25.3. The highest BCUT2D eigenvalue weighted by Crippen LogP contribution is 2.24. The molecular weight excluding hydrogens is 266 g/mol. The maximum Gasteiger partial charge on any atom is 0.250 e. The van der Waals surface area contributed by atoms with Crippen LogP contribution in [0.4, 0.5) is 5.69 Å². The van der Waals surface area contributed by atoms with E-state index in [0.29, 0.717) is 16.8 Å². The zero-order valence-corrected chi connectivity index (χ0v) is 11.6. The summed E-state index contributed by atoms with van der Waals surface area (Å²) >= 11 is 0. The van der Waals surface area contributed by atoms with Crippen molar-refractivity contribution < 1.29 is 14.7 Å². The largest absolute Gasteiger partial charge is 0.508 e. The van der Waals surface area contributed by atoms with Gasteiger partial charge in [-0.05, 0) is 18.2 Å². The molecule has 0 saturated heterocycles. The van der Waals surface area contributed by atoms with Gasteiger partial charge in [-0.15, -0.1) is 0 Å². The van der Waals surface area contributed by atoms with Gasteiger partial charge in [0.25, 0.3) is 0 Å². The maximum absolute atomic E-state index is 12.4. The topological polar surface area (TPSA) is 57.6 Å². The number of benzene rings is 2. The Hall–Kier alpha value is -2.88. The summed E-state index contributed by atoms with van der Waals surface area (Å²) in [5, 5.41) is 9.78. The number of phenolic OH excluding ortho intramolecular Hbond substituents is 1. The summed E-state index contributed by atoms with van der Waals surface area (Å²) in [6.07, 6.45) is 1.17. The summed E-state index contributed by atoms with van der Waals surface area (Å²) in [5.41, 5.74) is 1.27. The number of phenols is 1. The van der Waals surface area contributed by atoms with Crippen molar-refractivity contribution in [3.05, 3.63) is 72.3 Å². The Kier molecular flexibility index (Phi) is 4.18. The SMILES string of the molecule is C=CC(=O)N(C)c1cc(O)cc(C(=O)c2ccccc2)c1. The van der Waals surface area contributed by atoms with Gasteiger partial charge in [-0.1, -0.05) is 36.9 Å². The molecule has 0 fully saturated rings. The van der Waals surface area contributed by atoms with Crippen molar-refractivity contribution in [1.82, 2.24) is 0 Å². The molecule has 0 aliphatic rings. The van der Waals surface area contributed by atoms with Crippen molar-refractivity contribution >= 4 is 17.4 Å². The summed E-state index contributed by atoms with van der Waals surface area (Å²) in [6.45, 7) is 3.41. The Balaban J connectivity index is 2.42. The summed E-state index contributed by atoms with van der Waals surface area (Å²) in [6, 6.07) is 13.1. The second-order valence-electron chi connectivity index (χ2n) is 4.53. The van der Waals surface area contributed by atoms with E-state index in [1.807, 2.05) is 6.07 Å². The summed E-state index contributed by atoms with van der Waals surface area (Å²) < 4.78 is 0. The first-order valence-corrected chi connectivity index (χ1v) is 6.37. The van der Waals surface area contributed by atoms with Crippen LogP contribution in [0.1, 0.15) is 15.9 Å². The molecule has 0 aliphatic heterocycles. The molecule has 0 atom stereocenters. The van der Waals surface area contributed by atoms with Gasteiger partial charge in [0.2, 0.25) is 5.91 Å². The molecule has 0 aromatic heterocycles. The standard InChI is InChI=1S/C17H15NO3/c1-3-16(20)18(2)14-9-13(10-15(19)11-14)17(21)12-7-5-4-6-8-12/h3-11,19H,1H2,2H3. The van der Waals surface area contributed by atoms with Crippen molar-refractivity contribution in [2.45, 2.75) is 0 Å². The van der Waals surface area contributed by atoms with E-state index < -0.39 is 0 Å². The molecule has 0 radical (unpaired) electrons. The monoisotopic (exact) mass is 281 g/mol. The van der Waals surface area contributed by atoms with Crippen molar-refractivity contribution in [3.63, 3.8) is 0 Å². The number of nitrogens with zero attached hydrogens (tertiary/aromatic N) is 1. The highest BCUT2D eigenvalue weighted by Gasteiger charge is 2.14. The van der Waals surface area contributed by atoms with Gasteiger partial charge >= 0.3 is 0 Å². The number of carbonyl (C=O) groups excluding carboxylic acids is 2. The third kappa shape index (κ3) is 3.17. The molecule has 0 spiro atoms. The van der Waals surface area contributed by atoms with E-state index in [4.69, 9.17) is 0 Å². The number of aromatic hydroxyl groups is 1. The zero-order chi connectivity index (χ0) is 15.4. The quantitative estimate of drug-likeness (QED) is 0.692. The Morgan fingerprint density at radius 1 is 1.10 bits per heavy atom. The predicted molar refractivity (Wildman–Crippen MR) is 81.6 cm³/mol. The Morgan fingerprint density at radius 3 is 2.38 bits per heavy atom. The average molecular weight is 281 g/mol. The zero-order valence-electron chi connectivity index (χ0n) is 11.6. The molecule has 0 saturated carbocycles. The number of hydrogen-bond acceptors (Lipinski definition) is 3. The van der Waals surface area contributed by atoms with Crippen LogP contribution < -0.4 is 4.90 Å². The van der Waals surface area contributed by atoms with Crippen LogP contribution in [-0.2, 0) is 4.79 Å². The van der Waals surface area contributed by atoms with E-state index in [0.717, 1.165) is 0 Å². The van der Waals surface area contributed by atoms with Crippen LogP contribution in [0.25, 0.3) is 0 Å². The van der Waals surface area contributed by atoms with Crippen LogP contribution in [0.5, 0.6) is 5.75 Å². The summed E-state index contributed by atoms with van der Waals surface area (Å²) in [7, 11) is 1.55. The lowest BCUT2D eigenvalue weighted by molar-refractivity contribution is -0.113. The van der Waals surface area contributed by atoms with Crippen LogP contribution in [0.2, 0.25) is 0 Å². The van der Waals surface area contributed by atoms with Crippen LogP contribution in [-0.4, -0.2) is 23.8 Å². The fourth-order valence-electron chi connectivity index (χ4n) is 1.94. The molecule has 1 N–H and O–H groups in total.